The molecule has 0 aliphatic carbocycles. The minimum Gasteiger partial charge on any atom is -0.489 e. The van der Waals surface area contributed by atoms with Crippen molar-refractivity contribution in [3.63, 3.8) is 0 Å². The van der Waals surface area contributed by atoms with Crippen molar-refractivity contribution in [3.05, 3.63) is 89.5 Å². The van der Waals surface area contributed by atoms with Crippen LogP contribution in [0.5, 0.6) is 5.75 Å². The van der Waals surface area contributed by atoms with E-state index in [2.05, 4.69) is 36.1 Å². The Hall–Kier alpha value is -3.40. The first kappa shape index (κ1) is 17.0. The Morgan fingerprint density at radius 1 is 0.852 bits per heavy atom. The van der Waals surface area contributed by atoms with Gasteiger partial charge in [0.05, 0.1) is 0 Å². The van der Waals surface area contributed by atoms with Gasteiger partial charge >= 0.3 is 0 Å². The molecule has 4 rings (SSSR count). The summed E-state index contributed by atoms with van der Waals surface area (Å²) in [6, 6.07) is 24.0. The number of hydrogen-bond acceptors (Lipinski definition) is 4. The van der Waals surface area contributed by atoms with Crippen molar-refractivity contribution in [2.45, 2.75) is 20.5 Å². The van der Waals surface area contributed by atoms with E-state index in [4.69, 9.17) is 9.26 Å². The molecule has 0 amide bonds. The van der Waals surface area contributed by atoms with Gasteiger partial charge in [0.15, 0.2) is 0 Å². The second-order valence-corrected chi connectivity index (χ2v) is 6.55. The van der Waals surface area contributed by atoms with Crippen LogP contribution in [0.4, 0.5) is 0 Å². The standard InChI is InChI=1S/C23H20N2O2/c1-16-11-12-21(17(2)13-16)26-15-18-7-6-10-20(14-18)23-24-22(25-27-23)19-8-4-3-5-9-19/h3-14H,15H2,1-2H3. The van der Waals surface area contributed by atoms with Crippen LogP contribution in [0.25, 0.3) is 22.8 Å². The van der Waals surface area contributed by atoms with Gasteiger partial charge in [0.25, 0.3) is 5.89 Å². The summed E-state index contributed by atoms with van der Waals surface area (Å²) in [5, 5.41) is 4.09. The van der Waals surface area contributed by atoms with Gasteiger partial charge < -0.3 is 9.26 Å². The molecule has 0 bridgehead atoms. The van der Waals surface area contributed by atoms with Crippen LogP contribution < -0.4 is 4.74 Å². The number of aromatic nitrogens is 2. The van der Waals surface area contributed by atoms with Crippen molar-refractivity contribution < 1.29 is 9.26 Å². The smallest absolute Gasteiger partial charge is 0.258 e. The second-order valence-electron chi connectivity index (χ2n) is 6.55. The molecule has 0 radical (unpaired) electrons. The van der Waals surface area contributed by atoms with Gasteiger partial charge in [0.2, 0.25) is 5.82 Å². The third kappa shape index (κ3) is 3.90. The first-order chi connectivity index (χ1) is 13.2. The van der Waals surface area contributed by atoms with Crippen LogP contribution in [0, 0.1) is 13.8 Å². The fourth-order valence-electron chi connectivity index (χ4n) is 2.96. The second kappa shape index (κ2) is 7.46. The molecule has 0 fully saturated rings. The fourth-order valence-corrected chi connectivity index (χ4v) is 2.96. The van der Waals surface area contributed by atoms with Crippen molar-refractivity contribution in [2.75, 3.05) is 0 Å². The lowest BCUT2D eigenvalue weighted by molar-refractivity contribution is 0.304. The molecule has 0 unspecified atom stereocenters. The Morgan fingerprint density at radius 3 is 2.48 bits per heavy atom. The Bertz CT molecular complexity index is 1050. The largest absolute Gasteiger partial charge is 0.489 e. The zero-order chi connectivity index (χ0) is 18.6. The Balaban J connectivity index is 1.52. The zero-order valence-electron chi connectivity index (χ0n) is 15.3. The van der Waals surface area contributed by atoms with Crippen LogP contribution in [-0.4, -0.2) is 10.1 Å². The van der Waals surface area contributed by atoms with E-state index in [0.29, 0.717) is 18.3 Å². The van der Waals surface area contributed by atoms with Gasteiger partial charge in [-0.25, -0.2) is 0 Å². The van der Waals surface area contributed by atoms with Gasteiger partial charge in [-0.3, -0.25) is 0 Å². The molecule has 1 heterocycles. The number of benzene rings is 3. The maximum absolute atomic E-state index is 5.98. The SMILES string of the molecule is Cc1ccc(OCc2cccc(-c3nc(-c4ccccc4)no3)c2)c(C)c1. The predicted molar refractivity (Wildman–Crippen MR) is 105 cm³/mol. The highest BCUT2D eigenvalue weighted by Crippen LogP contribution is 2.24. The number of ether oxygens (including phenoxy) is 1. The zero-order valence-corrected chi connectivity index (χ0v) is 15.3. The predicted octanol–water partition coefficient (Wildman–Crippen LogP) is 5.60. The van der Waals surface area contributed by atoms with Crippen LogP contribution in [0.2, 0.25) is 0 Å². The molecule has 134 valence electrons. The highest BCUT2D eigenvalue weighted by Gasteiger charge is 2.11. The summed E-state index contributed by atoms with van der Waals surface area (Å²) in [4.78, 5) is 4.52. The lowest BCUT2D eigenvalue weighted by Crippen LogP contribution is -1.97. The van der Waals surface area contributed by atoms with E-state index in [9.17, 15) is 0 Å². The Morgan fingerprint density at radius 2 is 1.67 bits per heavy atom. The summed E-state index contributed by atoms with van der Waals surface area (Å²) >= 11 is 0. The molecule has 1 aromatic heterocycles. The summed E-state index contributed by atoms with van der Waals surface area (Å²) in [7, 11) is 0. The minimum absolute atomic E-state index is 0.484. The summed E-state index contributed by atoms with van der Waals surface area (Å²) in [6.45, 7) is 4.62. The molecule has 4 heteroatoms. The molecule has 0 aliphatic heterocycles. The molecule has 0 atom stereocenters. The van der Waals surface area contributed by atoms with E-state index in [0.717, 1.165) is 28.0 Å². The number of rotatable bonds is 5. The maximum Gasteiger partial charge on any atom is 0.258 e. The molecule has 0 aliphatic rings. The van der Waals surface area contributed by atoms with Gasteiger partial charge in [-0.1, -0.05) is 65.3 Å². The molecule has 27 heavy (non-hydrogen) atoms. The van der Waals surface area contributed by atoms with Crippen molar-refractivity contribution in [3.8, 4) is 28.6 Å². The van der Waals surface area contributed by atoms with E-state index in [1.54, 1.807) is 0 Å². The van der Waals surface area contributed by atoms with Crippen LogP contribution in [0.1, 0.15) is 16.7 Å². The van der Waals surface area contributed by atoms with E-state index >= 15 is 0 Å². The maximum atomic E-state index is 5.98. The van der Waals surface area contributed by atoms with Gasteiger partial charge in [-0.2, -0.15) is 4.98 Å². The summed E-state index contributed by atoms with van der Waals surface area (Å²) < 4.78 is 11.4. The molecule has 0 saturated heterocycles. The van der Waals surface area contributed by atoms with E-state index in [1.807, 2.05) is 60.7 Å². The van der Waals surface area contributed by atoms with E-state index in [-0.39, 0.29) is 0 Å². The van der Waals surface area contributed by atoms with Gasteiger partial charge in [-0.15, -0.1) is 0 Å². The lowest BCUT2D eigenvalue weighted by Gasteiger charge is -2.10. The summed E-state index contributed by atoms with van der Waals surface area (Å²) in [5.41, 5.74) is 5.23. The Kier molecular flexibility index (Phi) is 4.71. The van der Waals surface area contributed by atoms with Crippen molar-refractivity contribution >= 4 is 0 Å². The molecule has 3 aromatic carbocycles. The van der Waals surface area contributed by atoms with Gasteiger partial charge in [0, 0.05) is 11.1 Å². The normalized spacial score (nSPS) is 10.7. The van der Waals surface area contributed by atoms with Crippen LogP contribution in [0.15, 0.2) is 77.3 Å². The quantitative estimate of drug-likeness (QED) is 0.467. The number of nitrogens with zero attached hydrogens (tertiary/aromatic N) is 2. The lowest BCUT2D eigenvalue weighted by atomic mass is 10.1. The molecular formula is C23H20N2O2. The topological polar surface area (TPSA) is 48.2 Å². The Labute approximate surface area is 158 Å². The first-order valence-corrected chi connectivity index (χ1v) is 8.87. The minimum atomic E-state index is 0.484. The third-order valence-electron chi connectivity index (χ3n) is 4.36. The molecule has 4 nitrogen and oxygen atoms in total. The van der Waals surface area contributed by atoms with E-state index in [1.165, 1.54) is 5.56 Å². The molecular weight excluding hydrogens is 336 g/mol. The summed E-state index contributed by atoms with van der Waals surface area (Å²) in [5.74, 6) is 1.99. The average Bonchev–Trinajstić information content (AvgIpc) is 3.19. The average molecular weight is 356 g/mol. The highest BCUT2D eigenvalue weighted by atomic mass is 16.5. The summed E-state index contributed by atoms with van der Waals surface area (Å²) in [6.07, 6.45) is 0. The van der Waals surface area contributed by atoms with Crippen molar-refractivity contribution in [1.29, 1.82) is 0 Å². The van der Waals surface area contributed by atoms with Crippen LogP contribution in [-0.2, 0) is 6.61 Å². The highest BCUT2D eigenvalue weighted by molar-refractivity contribution is 5.60. The monoisotopic (exact) mass is 356 g/mol. The molecule has 0 N–H and O–H groups in total. The molecule has 4 aromatic rings. The van der Waals surface area contributed by atoms with E-state index < -0.39 is 0 Å². The van der Waals surface area contributed by atoms with Crippen LogP contribution in [0.3, 0.4) is 0 Å². The van der Waals surface area contributed by atoms with Crippen molar-refractivity contribution in [2.24, 2.45) is 0 Å². The fraction of sp³-hybridized carbons (Fsp3) is 0.130. The molecule has 0 saturated carbocycles. The number of hydrogen-bond donors (Lipinski definition) is 0. The van der Waals surface area contributed by atoms with Crippen LogP contribution >= 0.6 is 0 Å². The number of aryl methyl sites for hydroxylation is 2. The molecule has 0 spiro atoms. The third-order valence-corrected chi connectivity index (χ3v) is 4.36. The first-order valence-electron chi connectivity index (χ1n) is 8.87. The van der Waals surface area contributed by atoms with Crippen molar-refractivity contribution in [1.82, 2.24) is 10.1 Å². The van der Waals surface area contributed by atoms with Gasteiger partial charge in [-0.05, 0) is 43.2 Å². The van der Waals surface area contributed by atoms with Gasteiger partial charge in [0.1, 0.15) is 12.4 Å².